The van der Waals surface area contributed by atoms with Crippen molar-refractivity contribution in [1.29, 1.82) is 0 Å². The first-order valence-corrected chi connectivity index (χ1v) is 10.0. The second-order valence-electron chi connectivity index (χ2n) is 8.70. The Kier molecular flexibility index (Phi) is 4.34. The first-order valence-electron chi connectivity index (χ1n) is 10.0. The van der Waals surface area contributed by atoms with Crippen molar-refractivity contribution in [3.05, 3.63) is 36.0 Å². The summed E-state index contributed by atoms with van der Waals surface area (Å²) in [5.41, 5.74) is 1.88. The molecular weight excluding hydrogens is 324 g/mol. The monoisotopic (exact) mass is 354 g/mol. The molecule has 1 aliphatic carbocycles. The lowest BCUT2D eigenvalue weighted by Crippen LogP contribution is -2.67. The molecule has 3 aliphatic rings. The number of hydrogen-bond donors (Lipinski definition) is 2. The standard InChI is InChI=1S/C22H30N2O2/c1-4-15-10-22(26)11-16(12-22)24(15)21(25)9-18(14(2)3)19-13-23-20-8-6-5-7-17(19)20/h5-8,13-16,18,23,26H,4,9-12H2,1-3H3. The number of para-hydroxylation sites is 1. The van der Waals surface area contributed by atoms with E-state index in [1.54, 1.807) is 0 Å². The predicted octanol–water partition coefficient (Wildman–Crippen LogP) is 4.20. The minimum Gasteiger partial charge on any atom is -0.390 e. The van der Waals surface area contributed by atoms with Crippen molar-refractivity contribution in [2.75, 3.05) is 0 Å². The number of nitrogens with zero attached hydrogens (tertiary/aromatic N) is 1. The Hall–Kier alpha value is -1.81. The van der Waals surface area contributed by atoms with Gasteiger partial charge in [-0.1, -0.05) is 39.0 Å². The van der Waals surface area contributed by atoms with E-state index in [4.69, 9.17) is 0 Å². The van der Waals surface area contributed by atoms with Crippen molar-refractivity contribution in [2.45, 2.75) is 76.5 Å². The van der Waals surface area contributed by atoms with E-state index in [2.05, 4.69) is 55.1 Å². The van der Waals surface area contributed by atoms with Gasteiger partial charge in [0.15, 0.2) is 0 Å². The number of carbonyl (C=O) groups is 1. The molecule has 3 fully saturated rings. The van der Waals surface area contributed by atoms with Crippen LogP contribution in [0.2, 0.25) is 0 Å². The summed E-state index contributed by atoms with van der Waals surface area (Å²) in [7, 11) is 0. The molecule has 2 aromatic rings. The Morgan fingerprint density at radius 2 is 2.04 bits per heavy atom. The van der Waals surface area contributed by atoms with Crippen LogP contribution in [-0.2, 0) is 4.79 Å². The minimum absolute atomic E-state index is 0.191. The van der Waals surface area contributed by atoms with Gasteiger partial charge < -0.3 is 15.0 Å². The van der Waals surface area contributed by atoms with Crippen LogP contribution in [0.3, 0.4) is 0 Å². The van der Waals surface area contributed by atoms with E-state index in [9.17, 15) is 9.90 Å². The molecule has 2 N–H and O–H groups in total. The van der Waals surface area contributed by atoms with Crippen molar-refractivity contribution in [1.82, 2.24) is 9.88 Å². The molecule has 2 aliphatic heterocycles. The molecule has 2 unspecified atom stereocenters. The van der Waals surface area contributed by atoms with Gasteiger partial charge in [0, 0.05) is 35.6 Å². The number of piperidine rings is 2. The topological polar surface area (TPSA) is 56.3 Å². The third kappa shape index (κ3) is 2.84. The number of carbonyl (C=O) groups excluding carboxylic acids is 1. The summed E-state index contributed by atoms with van der Waals surface area (Å²) in [6.45, 7) is 6.53. The van der Waals surface area contributed by atoms with Gasteiger partial charge >= 0.3 is 0 Å². The number of aromatic amines is 1. The number of aromatic nitrogens is 1. The number of hydrogen-bond acceptors (Lipinski definition) is 2. The number of aliphatic hydroxyl groups is 1. The summed E-state index contributed by atoms with van der Waals surface area (Å²) in [6.07, 6.45) is 5.81. The molecule has 2 bridgehead atoms. The molecular formula is C22H30N2O2. The molecule has 5 rings (SSSR count). The highest BCUT2D eigenvalue weighted by molar-refractivity contribution is 5.85. The largest absolute Gasteiger partial charge is 0.390 e. The third-order valence-electron chi connectivity index (χ3n) is 6.61. The zero-order valence-electron chi connectivity index (χ0n) is 16.0. The summed E-state index contributed by atoms with van der Waals surface area (Å²) in [5.74, 6) is 0.853. The van der Waals surface area contributed by atoms with Crippen LogP contribution >= 0.6 is 0 Å². The van der Waals surface area contributed by atoms with E-state index in [0.29, 0.717) is 12.3 Å². The van der Waals surface area contributed by atoms with Gasteiger partial charge in [0.1, 0.15) is 0 Å². The second kappa shape index (κ2) is 6.41. The number of nitrogens with one attached hydrogen (secondary N) is 1. The van der Waals surface area contributed by atoms with Crippen LogP contribution in [0.25, 0.3) is 10.9 Å². The quantitative estimate of drug-likeness (QED) is 0.845. The Morgan fingerprint density at radius 1 is 1.31 bits per heavy atom. The number of benzene rings is 1. The first kappa shape index (κ1) is 17.6. The highest BCUT2D eigenvalue weighted by Crippen LogP contribution is 2.47. The molecule has 1 amide bonds. The molecule has 2 atom stereocenters. The second-order valence-corrected chi connectivity index (χ2v) is 8.70. The van der Waals surface area contributed by atoms with Gasteiger partial charge in [-0.25, -0.2) is 0 Å². The number of H-pyrrole nitrogens is 1. The van der Waals surface area contributed by atoms with Crippen molar-refractivity contribution in [3.8, 4) is 0 Å². The number of fused-ring (bicyclic) bond motifs is 3. The van der Waals surface area contributed by atoms with E-state index in [0.717, 1.165) is 31.2 Å². The van der Waals surface area contributed by atoms with Gasteiger partial charge in [-0.05, 0) is 49.1 Å². The van der Waals surface area contributed by atoms with Crippen molar-refractivity contribution in [2.24, 2.45) is 5.92 Å². The predicted molar refractivity (Wildman–Crippen MR) is 104 cm³/mol. The van der Waals surface area contributed by atoms with Gasteiger partial charge in [-0.15, -0.1) is 0 Å². The molecule has 0 radical (unpaired) electrons. The Labute approximate surface area is 155 Å². The van der Waals surface area contributed by atoms with Crippen LogP contribution in [0.1, 0.15) is 64.4 Å². The van der Waals surface area contributed by atoms with Gasteiger partial charge in [0.05, 0.1) is 5.60 Å². The summed E-state index contributed by atoms with van der Waals surface area (Å²) in [5, 5.41) is 11.7. The maximum absolute atomic E-state index is 13.3. The normalized spacial score (nSPS) is 29.0. The van der Waals surface area contributed by atoms with Gasteiger partial charge in [-0.2, -0.15) is 0 Å². The third-order valence-corrected chi connectivity index (χ3v) is 6.61. The van der Waals surface area contributed by atoms with E-state index in [1.807, 2.05) is 6.07 Å². The van der Waals surface area contributed by atoms with Gasteiger partial charge in [-0.3, -0.25) is 4.79 Å². The molecule has 2 saturated heterocycles. The SMILES string of the molecule is CCC1CC2(O)CC(C2)N1C(=O)CC(c1c[nH]c2ccccc12)C(C)C. The molecule has 4 heteroatoms. The number of amides is 1. The molecule has 140 valence electrons. The van der Waals surface area contributed by atoms with Crippen LogP contribution < -0.4 is 0 Å². The van der Waals surface area contributed by atoms with Crippen LogP contribution in [0.4, 0.5) is 0 Å². The fourth-order valence-corrected chi connectivity index (χ4v) is 5.16. The molecule has 26 heavy (non-hydrogen) atoms. The minimum atomic E-state index is -0.504. The summed E-state index contributed by atoms with van der Waals surface area (Å²) in [4.78, 5) is 18.8. The van der Waals surface area contributed by atoms with Crippen molar-refractivity contribution < 1.29 is 9.90 Å². The smallest absolute Gasteiger partial charge is 0.223 e. The Balaban J connectivity index is 1.58. The fraction of sp³-hybridized carbons (Fsp3) is 0.591. The summed E-state index contributed by atoms with van der Waals surface area (Å²) < 4.78 is 0. The summed E-state index contributed by atoms with van der Waals surface area (Å²) >= 11 is 0. The van der Waals surface area contributed by atoms with Crippen LogP contribution in [0, 0.1) is 5.92 Å². The molecule has 4 nitrogen and oxygen atoms in total. The van der Waals surface area contributed by atoms with Crippen molar-refractivity contribution >= 4 is 16.8 Å². The molecule has 1 aromatic carbocycles. The molecule has 1 aromatic heterocycles. The van der Waals surface area contributed by atoms with Crippen LogP contribution in [0.15, 0.2) is 30.5 Å². The van der Waals surface area contributed by atoms with Gasteiger partial charge in [0.2, 0.25) is 5.91 Å². The van der Waals surface area contributed by atoms with E-state index in [-0.39, 0.29) is 23.9 Å². The molecule has 0 spiro atoms. The first-order chi connectivity index (χ1) is 12.4. The zero-order chi connectivity index (χ0) is 18.5. The van der Waals surface area contributed by atoms with E-state index in [1.165, 1.54) is 10.9 Å². The van der Waals surface area contributed by atoms with Crippen LogP contribution in [-0.4, -0.2) is 38.6 Å². The van der Waals surface area contributed by atoms with E-state index < -0.39 is 5.60 Å². The Bertz CT molecular complexity index is 803. The maximum atomic E-state index is 13.3. The lowest BCUT2D eigenvalue weighted by molar-refractivity contribution is -0.179. The fourth-order valence-electron chi connectivity index (χ4n) is 5.16. The maximum Gasteiger partial charge on any atom is 0.223 e. The lowest BCUT2D eigenvalue weighted by Gasteiger charge is -2.58. The van der Waals surface area contributed by atoms with Gasteiger partial charge in [0.25, 0.3) is 0 Å². The van der Waals surface area contributed by atoms with Crippen LogP contribution in [0.5, 0.6) is 0 Å². The molecule has 3 heterocycles. The van der Waals surface area contributed by atoms with E-state index >= 15 is 0 Å². The number of rotatable bonds is 5. The Morgan fingerprint density at radius 3 is 2.73 bits per heavy atom. The lowest BCUT2D eigenvalue weighted by atomic mass is 9.66. The highest BCUT2D eigenvalue weighted by atomic mass is 16.3. The zero-order valence-corrected chi connectivity index (χ0v) is 16.0. The highest BCUT2D eigenvalue weighted by Gasteiger charge is 2.54. The van der Waals surface area contributed by atoms with Crippen molar-refractivity contribution in [3.63, 3.8) is 0 Å². The molecule has 1 saturated carbocycles. The average Bonchev–Trinajstić information content (AvgIpc) is 3.01. The average molecular weight is 354 g/mol. The summed E-state index contributed by atoms with van der Waals surface area (Å²) in [6, 6.07) is 8.76.